The number of benzene rings is 3. The summed E-state index contributed by atoms with van der Waals surface area (Å²) in [6.45, 7) is 1.23. The van der Waals surface area contributed by atoms with Crippen LogP contribution in [-0.2, 0) is 13.0 Å². The van der Waals surface area contributed by atoms with Gasteiger partial charge in [-0.3, -0.25) is 0 Å². The van der Waals surface area contributed by atoms with Gasteiger partial charge in [-0.05, 0) is 36.2 Å². The second-order valence-electron chi connectivity index (χ2n) is 6.06. The molecule has 0 radical (unpaired) electrons. The summed E-state index contributed by atoms with van der Waals surface area (Å²) in [4.78, 5) is 0. The average molecular weight is 336 g/mol. The molecule has 0 aliphatic carbocycles. The van der Waals surface area contributed by atoms with E-state index in [1.807, 2.05) is 30.3 Å². The van der Waals surface area contributed by atoms with Gasteiger partial charge in [0, 0.05) is 22.8 Å². The van der Waals surface area contributed by atoms with Crippen LogP contribution in [0.3, 0.4) is 0 Å². The quantitative estimate of drug-likeness (QED) is 0.607. The maximum absolute atomic E-state index is 14.7. The second kappa shape index (κ2) is 7.05. The largest absolute Gasteiger partial charge is 0.412 e. The molecule has 4 heteroatoms. The van der Waals surface area contributed by atoms with Crippen molar-refractivity contribution in [3.63, 3.8) is 0 Å². The number of nitrogens with two attached hydrogens (primary N) is 1. The summed E-state index contributed by atoms with van der Waals surface area (Å²) >= 11 is 0. The molecule has 4 aromatic rings. The number of para-hydroxylation sites is 1. The molecule has 0 aliphatic heterocycles. The van der Waals surface area contributed by atoms with E-state index in [1.54, 1.807) is 6.07 Å². The molecule has 1 aromatic heterocycles. The van der Waals surface area contributed by atoms with Gasteiger partial charge < -0.3 is 15.8 Å². The normalized spacial score (nSPS) is 11.0. The van der Waals surface area contributed by atoms with Gasteiger partial charge in [-0.15, -0.1) is 0 Å². The molecule has 0 bridgehead atoms. The van der Waals surface area contributed by atoms with Crippen molar-refractivity contribution in [3.05, 3.63) is 83.7 Å². The predicted octanol–water partition coefficient (Wildman–Crippen LogP) is 3.66. The number of nitrogens with zero attached hydrogens (tertiary/aromatic N) is 1. The summed E-state index contributed by atoms with van der Waals surface area (Å²) in [7, 11) is 0. The third-order valence-corrected chi connectivity index (χ3v) is 4.54. The first-order valence-electron chi connectivity index (χ1n) is 8.22. The van der Waals surface area contributed by atoms with Crippen molar-refractivity contribution < 1.29 is 9.87 Å². The molecule has 4 N–H and O–H groups in total. The van der Waals surface area contributed by atoms with E-state index in [9.17, 15) is 4.39 Å². The van der Waals surface area contributed by atoms with E-state index >= 15 is 0 Å². The van der Waals surface area contributed by atoms with Gasteiger partial charge in [-0.1, -0.05) is 54.6 Å². The highest BCUT2D eigenvalue weighted by atomic mass is 19.1. The van der Waals surface area contributed by atoms with Gasteiger partial charge in [0.1, 0.15) is 5.82 Å². The molecule has 0 saturated heterocycles. The van der Waals surface area contributed by atoms with E-state index in [0.29, 0.717) is 18.6 Å². The first-order chi connectivity index (χ1) is 11.8. The lowest BCUT2D eigenvalue weighted by Gasteiger charge is -2.09. The van der Waals surface area contributed by atoms with Gasteiger partial charge >= 0.3 is 0 Å². The Morgan fingerprint density at radius 1 is 0.880 bits per heavy atom. The van der Waals surface area contributed by atoms with Crippen molar-refractivity contribution in [1.82, 2.24) is 4.57 Å². The van der Waals surface area contributed by atoms with Crippen LogP contribution < -0.4 is 5.73 Å². The minimum atomic E-state index is -0.182. The van der Waals surface area contributed by atoms with Crippen LogP contribution in [0, 0.1) is 5.82 Å². The first kappa shape index (κ1) is 17.1. The lowest BCUT2D eigenvalue weighted by molar-refractivity contribution is 0.630. The van der Waals surface area contributed by atoms with Crippen LogP contribution in [0.5, 0.6) is 0 Å². The lowest BCUT2D eigenvalue weighted by atomic mass is 10.0. The monoisotopic (exact) mass is 336 g/mol. The molecule has 0 amide bonds. The number of aromatic nitrogens is 1. The highest BCUT2D eigenvalue weighted by molar-refractivity contribution is 6.10. The Hall–Kier alpha value is -2.69. The zero-order chi connectivity index (χ0) is 16.5. The standard InChI is InChI=1S/C21H19FN2.H2O/c22-18-10-5-9-17-20-16(12-13-23)8-4-11-19(20)24(21(17)18)14-15-6-2-1-3-7-15;/h1-11H,12-14,23H2;1H2. The van der Waals surface area contributed by atoms with Crippen LogP contribution in [0.15, 0.2) is 66.7 Å². The second-order valence-corrected chi connectivity index (χ2v) is 6.06. The van der Waals surface area contributed by atoms with E-state index in [4.69, 9.17) is 5.73 Å². The molecule has 0 fully saturated rings. The molecule has 0 atom stereocenters. The van der Waals surface area contributed by atoms with Gasteiger partial charge in [0.2, 0.25) is 0 Å². The fourth-order valence-electron chi connectivity index (χ4n) is 3.53. The number of hydrogen-bond acceptors (Lipinski definition) is 1. The van der Waals surface area contributed by atoms with Crippen LogP contribution >= 0.6 is 0 Å². The van der Waals surface area contributed by atoms with Crippen molar-refractivity contribution in [2.45, 2.75) is 13.0 Å². The smallest absolute Gasteiger partial charge is 0.147 e. The average Bonchev–Trinajstić information content (AvgIpc) is 2.92. The molecular weight excluding hydrogens is 315 g/mol. The minimum Gasteiger partial charge on any atom is -0.412 e. The fraction of sp³-hybridized carbons (Fsp3) is 0.143. The third kappa shape index (κ3) is 2.90. The molecule has 25 heavy (non-hydrogen) atoms. The maximum Gasteiger partial charge on any atom is 0.147 e. The Labute approximate surface area is 145 Å². The Balaban J connectivity index is 0.00000182. The van der Waals surface area contributed by atoms with E-state index < -0.39 is 0 Å². The van der Waals surface area contributed by atoms with Gasteiger partial charge in [-0.2, -0.15) is 0 Å². The topological polar surface area (TPSA) is 62.5 Å². The van der Waals surface area contributed by atoms with Gasteiger partial charge in [-0.25, -0.2) is 4.39 Å². The Kier molecular flexibility index (Phi) is 4.83. The molecule has 3 aromatic carbocycles. The van der Waals surface area contributed by atoms with Crippen LogP contribution in [0.2, 0.25) is 0 Å². The maximum atomic E-state index is 14.7. The molecule has 0 saturated carbocycles. The van der Waals surface area contributed by atoms with Crippen molar-refractivity contribution >= 4 is 21.8 Å². The molecule has 0 aliphatic rings. The molecule has 0 spiro atoms. The van der Waals surface area contributed by atoms with Gasteiger partial charge in [0.25, 0.3) is 0 Å². The van der Waals surface area contributed by atoms with Gasteiger partial charge in [0.15, 0.2) is 0 Å². The SMILES string of the molecule is NCCc1cccc2c1c1cccc(F)c1n2Cc1ccccc1.O. The van der Waals surface area contributed by atoms with E-state index in [-0.39, 0.29) is 11.3 Å². The summed E-state index contributed by atoms with van der Waals surface area (Å²) in [5.41, 5.74) is 9.84. The molecule has 128 valence electrons. The summed E-state index contributed by atoms with van der Waals surface area (Å²) < 4.78 is 16.7. The van der Waals surface area contributed by atoms with Crippen molar-refractivity contribution in [3.8, 4) is 0 Å². The summed E-state index contributed by atoms with van der Waals surface area (Å²) in [5, 5.41) is 2.08. The summed E-state index contributed by atoms with van der Waals surface area (Å²) in [5.74, 6) is -0.182. The predicted molar refractivity (Wildman–Crippen MR) is 101 cm³/mol. The van der Waals surface area contributed by atoms with Crippen molar-refractivity contribution in [1.29, 1.82) is 0 Å². The zero-order valence-corrected chi connectivity index (χ0v) is 13.9. The van der Waals surface area contributed by atoms with Crippen LogP contribution in [-0.4, -0.2) is 16.6 Å². The fourth-order valence-corrected chi connectivity index (χ4v) is 3.53. The summed E-state index contributed by atoms with van der Waals surface area (Å²) in [6.07, 6.45) is 0.790. The van der Waals surface area contributed by atoms with Crippen LogP contribution in [0.25, 0.3) is 21.8 Å². The third-order valence-electron chi connectivity index (χ3n) is 4.54. The molecule has 1 heterocycles. The minimum absolute atomic E-state index is 0. The number of rotatable bonds is 4. The Morgan fingerprint density at radius 2 is 1.64 bits per heavy atom. The zero-order valence-electron chi connectivity index (χ0n) is 13.9. The van der Waals surface area contributed by atoms with E-state index in [2.05, 4.69) is 28.8 Å². The first-order valence-corrected chi connectivity index (χ1v) is 8.22. The van der Waals surface area contributed by atoms with Gasteiger partial charge in [0.05, 0.1) is 5.52 Å². The molecule has 3 nitrogen and oxygen atoms in total. The number of fused-ring (bicyclic) bond motifs is 3. The van der Waals surface area contributed by atoms with Crippen molar-refractivity contribution in [2.24, 2.45) is 5.73 Å². The molecule has 0 unspecified atom stereocenters. The van der Waals surface area contributed by atoms with E-state index in [0.717, 1.165) is 28.3 Å². The van der Waals surface area contributed by atoms with Crippen molar-refractivity contribution in [2.75, 3.05) is 6.54 Å². The van der Waals surface area contributed by atoms with E-state index in [1.165, 1.54) is 11.6 Å². The Morgan fingerprint density at radius 3 is 2.40 bits per heavy atom. The highest BCUT2D eigenvalue weighted by Crippen LogP contribution is 2.33. The molecular formula is C21H21FN2O. The number of halogens is 1. The van der Waals surface area contributed by atoms with Crippen LogP contribution in [0.4, 0.5) is 4.39 Å². The lowest BCUT2D eigenvalue weighted by Crippen LogP contribution is -2.03. The summed E-state index contributed by atoms with van der Waals surface area (Å²) in [6, 6.07) is 21.7. The van der Waals surface area contributed by atoms with Crippen LogP contribution in [0.1, 0.15) is 11.1 Å². The highest BCUT2D eigenvalue weighted by Gasteiger charge is 2.16. The Bertz CT molecular complexity index is 1010. The number of hydrogen-bond donors (Lipinski definition) is 1. The molecule has 4 rings (SSSR count).